The van der Waals surface area contributed by atoms with Gasteiger partial charge in [-0.15, -0.1) is 0 Å². The average Bonchev–Trinajstić information content (AvgIpc) is 1.61. The Morgan fingerprint density at radius 1 is 1.44 bits per heavy atom. The van der Waals surface area contributed by atoms with Crippen LogP contribution in [0.15, 0.2) is 0 Å². The lowest BCUT2D eigenvalue weighted by atomic mass is 10.3. The summed E-state index contributed by atoms with van der Waals surface area (Å²) < 4.78 is 0. The lowest BCUT2D eigenvalue weighted by Crippen LogP contribution is -2.29. The first kappa shape index (κ1) is 8.43. The monoisotopic (exact) mass is 130 g/mol. The first-order chi connectivity index (χ1) is 4.27. The van der Waals surface area contributed by atoms with Crippen LogP contribution in [0.1, 0.15) is 6.42 Å². The minimum atomic E-state index is 0.750. The third kappa shape index (κ3) is 7.43. The molecule has 3 heteroatoms. The molecule has 0 spiro atoms. The van der Waals surface area contributed by atoms with Crippen LogP contribution in [0.4, 0.5) is 0 Å². The van der Waals surface area contributed by atoms with Crippen molar-refractivity contribution < 1.29 is 4.79 Å². The van der Waals surface area contributed by atoms with Crippen LogP contribution >= 0.6 is 0 Å². The molecule has 1 aliphatic heterocycles. The number of carbonyl (C=O) groups is 1. The van der Waals surface area contributed by atoms with E-state index in [9.17, 15) is 4.79 Å². The SMILES string of the molecule is C1CNC1.CN(C)C=O. The highest BCUT2D eigenvalue weighted by Gasteiger charge is 1.92. The van der Waals surface area contributed by atoms with Crippen molar-refractivity contribution in [2.45, 2.75) is 6.42 Å². The van der Waals surface area contributed by atoms with E-state index in [1.54, 1.807) is 14.1 Å². The fourth-order valence-corrected chi connectivity index (χ4v) is 0.177. The van der Waals surface area contributed by atoms with Gasteiger partial charge in [0.2, 0.25) is 6.41 Å². The molecule has 0 unspecified atom stereocenters. The Morgan fingerprint density at radius 2 is 1.67 bits per heavy atom. The maximum atomic E-state index is 9.43. The van der Waals surface area contributed by atoms with Crippen molar-refractivity contribution in [3.63, 3.8) is 0 Å². The van der Waals surface area contributed by atoms with E-state index >= 15 is 0 Å². The van der Waals surface area contributed by atoms with E-state index in [1.807, 2.05) is 0 Å². The van der Waals surface area contributed by atoms with Gasteiger partial charge in [-0.3, -0.25) is 4.79 Å². The van der Waals surface area contributed by atoms with Gasteiger partial charge in [-0.25, -0.2) is 0 Å². The van der Waals surface area contributed by atoms with E-state index in [-0.39, 0.29) is 0 Å². The van der Waals surface area contributed by atoms with Crippen LogP contribution in [0.3, 0.4) is 0 Å². The Bertz CT molecular complexity index is 65.5. The molecule has 1 heterocycles. The normalized spacial score (nSPS) is 14.4. The Labute approximate surface area is 56.0 Å². The summed E-state index contributed by atoms with van der Waals surface area (Å²) in [5.41, 5.74) is 0. The second kappa shape index (κ2) is 5.56. The highest BCUT2D eigenvalue weighted by atomic mass is 16.1. The minimum Gasteiger partial charge on any atom is -0.351 e. The van der Waals surface area contributed by atoms with Gasteiger partial charge in [-0.1, -0.05) is 0 Å². The Hall–Kier alpha value is -0.570. The molecule has 0 aliphatic carbocycles. The summed E-state index contributed by atoms with van der Waals surface area (Å²) in [6.07, 6.45) is 2.14. The molecule has 1 fully saturated rings. The summed E-state index contributed by atoms with van der Waals surface area (Å²) in [5, 5.41) is 3.11. The topological polar surface area (TPSA) is 32.3 Å². The largest absolute Gasteiger partial charge is 0.351 e. The fraction of sp³-hybridized carbons (Fsp3) is 0.833. The van der Waals surface area contributed by atoms with Crippen LogP contribution in [0.2, 0.25) is 0 Å². The molecule has 54 valence electrons. The lowest BCUT2D eigenvalue weighted by Gasteiger charge is -2.09. The molecule has 1 aliphatic rings. The summed E-state index contributed by atoms with van der Waals surface area (Å²) in [6.45, 7) is 2.50. The zero-order chi connectivity index (χ0) is 7.11. The second-order valence-corrected chi connectivity index (χ2v) is 2.17. The van der Waals surface area contributed by atoms with Gasteiger partial charge < -0.3 is 10.2 Å². The van der Waals surface area contributed by atoms with Gasteiger partial charge in [0.1, 0.15) is 0 Å². The number of rotatable bonds is 1. The summed E-state index contributed by atoms with van der Waals surface area (Å²) >= 11 is 0. The predicted octanol–water partition coefficient (Wildman–Crippen LogP) is -0.316. The average molecular weight is 130 g/mol. The zero-order valence-electron chi connectivity index (χ0n) is 6.05. The van der Waals surface area contributed by atoms with Crippen LogP contribution in [-0.4, -0.2) is 38.5 Å². The molecule has 9 heavy (non-hydrogen) atoms. The van der Waals surface area contributed by atoms with Gasteiger partial charge in [0.05, 0.1) is 0 Å². The molecular formula is C6H14N2O. The van der Waals surface area contributed by atoms with Gasteiger partial charge in [0.15, 0.2) is 0 Å². The highest BCUT2D eigenvalue weighted by molar-refractivity contribution is 5.45. The van der Waals surface area contributed by atoms with E-state index in [2.05, 4.69) is 5.32 Å². The van der Waals surface area contributed by atoms with Gasteiger partial charge in [-0.05, 0) is 19.5 Å². The molecule has 0 radical (unpaired) electrons. The molecule has 3 nitrogen and oxygen atoms in total. The highest BCUT2D eigenvalue weighted by Crippen LogP contribution is 1.80. The molecule has 0 aromatic rings. The van der Waals surface area contributed by atoms with Crippen LogP contribution in [0.25, 0.3) is 0 Å². The lowest BCUT2D eigenvalue weighted by molar-refractivity contribution is -0.115. The number of nitrogens with zero attached hydrogens (tertiary/aromatic N) is 1. The molecule has 1 saturated heterocycles. The van der Waals surface area contributed by atoms with E-state index in [1.165, 1.54) is 24.4 Å². The number of hydrogen-bond acceptors (Lipinski definition) is 2. The van der Waals surface area contributed by atoms with E-state index < -0.39 is 0 Å². The summed E-state index contributed by atoms with van der Waals surface area (Å²) in [5.74, 6) is 0. The van der Waals surface area contributed by atoms with Crippen molar-refractivity contribution in [1.82, 2.24) is 10.2 Å². The van der Waals surface area contributed by atoms with E-state index in [4.69, 9.17) is 0 Å². The maximum Gasteiger partial charge on any atom is 0.209 e. The summed E-state index contributed by atoms with van der Waals surface area (Å²) in [6, 6.07) is 0. The van der Waals surface area contributed by atoms with Crippen molar-refractivity contribution in [3.05, 3.63) is 0 Å². The molecule has 0 atom stereocenters. The molecule has 0 aromatic heterocycles. The molecule has 0 bridgehead atoms. The summed E-state index contributed by atoms with van der Waals surface area (Å²) in [7, 11) is 3.38. The van der Waals surface area contributed by atoms with Crippen molar-refractivity contribution in [3.8, 4) is 0 Å². The first-order valence-corrected chi connectivity index (χ1v) is 3.10. The molecular weight excluding hydrogens is 116 g/mol. The molecule has 1 rings (SSSR count). The van der Waals surface area contributed by atoms with Gasteiger partial charge in [0.25, 0.3) is 0 Å². The first-order valence-electron chi connectivity index (χ1n) is 3.10. The third-order valence-corrected chi connectivity index (χ3v) is 0.918. The number of nitrogens with one attached hydrogen (secondary N) is 1. The van der Waals surface area contributed by atoms with Crippen molar-refractivity contribution >= 4 is 6.41 Å². The molecule has 1 N–H and O–H groups in total. The Kier molecular flexibility index (Phi) is 5.21. The van der Waals surface area contributed by atoms with Crippen molar-refractivity contribution in [2.24, 2.45) is 0 Å². The number of amides is 1. The smallest absolute Gasteiger partial charge is 0.209 e. The number of carbonyl (C=O) groups excluding carboxylic acids is 1. The molecule has 0 aromatic carbocycles. The Balaban J connectivity index is 0.000000144. The Morgan fingerprint density at radius 3 is 1.67 bits per heavy atom. The second-order valence-electron chi connectivity index (χ2n) is 2.17. The maximum absolute atomic E-state index is 9.43. The van der Waals surface area contributed by atoms with Crippen LogP contribution < -0.4 is 5.32 Å². The van der Waals surface area contributed by atoms with Gasteiger partial charge >= 0.3 is 0 Å². The van der Waals surface area contributed by atoms with Crippen molar-refractivity contribution in [2.75, 3.05) is 27.2 Å². The quantitative estimate of drug-likeness (QED) is 0.493. The van der Waals surface area contributed by atoms with Gasteiger partial charge in [0, 0.05) is 14.1 Å². The van der Waals surface area contributed by atoms with Crippen LogP contribution in [0.5, 0.6) is 0 Å². The number of hydrogen-bond donors (Lipinski definition) is 1. The molecule has 0 saturated carbocycles. The van der Waals surface area contributed by atoms with Gasteiger partial charge in [-0.2, -0.15) is 0 Å². The van der Waals surface area contributed by atoms with Crippen LogP contribution in [0, 0.1) is 0 Å². The molecule has 1 amide bonds. The van der Waals surface area contributed by atoms with Crippen LogP contribution in [-0.2, 0) is 4.79 Å². The summed E-state index contributed by atoms with van der Waals surface area (Å²) in [4.78, 5) is 10.9. The van der Waals surface area contributed by atoms with E-state index in [0.717, 1.165) is 6.41 Å². The minimum absolute atomic E-state index is 0.750. The fourth-order valence-electron chi connectivity index (χ4n) is 0.177. The third-order valence-electron chi connectivity index (χ3n) is 0.918. The van der Waals surface area contributed by atoms with Crippen molar-refractivity contribution in [1.29, 1.82) is 0 Å². The zero-order valence-corrected chi connectivity index (χ0v) is 6.05. The standard InChI is InChI=1S/C3H7NO.C3H7N/c1-4(2)3-5;1-2-4-3-1/h3H,1-2H3;4H,1-3H2. The van der Waals surface area contributed by atoms with E-state index in [0.29, 0.717) is 0 Å². The predicted molar refractivity (Wildman–Crippen MR) is 37.2 cm³/mol.